The lowest BCUT2D eigenvalue weighted by Crippen LogP contribution is -2.06. The van der Waals surface area contributed by atoms with E-state index in [1.165, 1.54) is 10.7 Å². The van der Waals surface area contributed by atoms with Gasteiger partial charge in [-0.2, -0.15) is 5.10 Å². The van der Waals surface area contributed by atoms with Crippen LogP contribution in [0.25, 0.3) is 17.0 Å². The van der Waals surface area contributed by atoms with Crippen LogP contribution in [-0.2, 0) is 0 Å². The molecule has 0 saturated carbocycles. The molecule has 1 N–H and O–H groups in total. The highest BCUT2D eigenvalue weighted by molar-refractivity contribution is 5.88. The predicted octanol–water partition coefficient (Wildman–Crippen LogP) is 1.80. The summed E-state index contributed by atoms with van der Waals surface area (Å²) in [5.41, 5.74) is 2.68. The molecular formula is C13H10N4O2. The first-order valence-corrected chi connectivity index (χ1v) is 5.67. The lowest BCUT2D eigenvalue weighted by Gasteiger charge is -2.01. The standard InChI is InChI=1S/C13H10N4O2/c1-8-9(13(18)19)7-15-12-6-11(16-17(8)12)10-4-2-3-5-14-10/h2-7H,1H3,(H,18,19). The Balaban J connectivity index is 2.22. The molecule has 6 heteroatoms. The largest absolute Gasteiger partial charge is 0.478 e. The van der Waals surface area contributed by atoms with Crippen LogP contribution in [-0.4, -0.2) is 30.7 Å². The quantitative estimate of drug-likeness (QED) is 0.754. The van der Waals surface area contributed by atoms with Crippen LogP contribution < -0.4 is 0 Å². The fourth-order valence-electron chi connectivity index (χ4n) is 1.90. The van der Waals surface area contributed by atoms with Gasteiger partial charge in [-0.1, -0.05) is 6.07 Å². The molecule has 0 radical (unpaired) electrons. The molecule has 3 aromatic heterocycles. The first kappa shape index (κ1) is 11.3. The molecule has 3 aromatic rings. The number of nitrogens with zero attached hydrogens (tertiary/aromatic N) is 4. The van der Waals surface area contributed by atoms with Crippen molar-refractivity contribution in [3.63, 3.8) is 0 Å². The number of aryl methyl sites for hydroxylation is 1. The second-order valence-corrected chi connectivity index (χ2v) is 4.08. The van der Waals surface area contributed by atoms with Crippen LogP contribution in [0.4, 0.5) is 0 Å². The number of carboxylic acid groups (broad SMARTS) is 1. The van der Waals surface area contributed by atoms with Gasteiger partial charge in [0.25, 0.3) is 0 Å². The molecule has 6 nitrogen and oxygen atoms in total. The topological polar surface area (TPSA) is 80.4 Å². The number of carbonyl (C=O) groups is 1. The van der Waals surface area contributed by atoms with Crippen molar-refractivity contribution in [2.24, 2.45) is 0 Å². The van der Waals surface area contributed by atoms with Crippen LogP contribution in [0.5, 0.6) is 0 Å². The number of pyridine rings is 1. The van der Waals surface area contributed by atoms with Crippen LogP contribution in [0.15, 0.2) is 36.7 Å². The van der Waals surface area contributed by atoms with Crippen molar-refractivity contribution in [3.05, 3.63) is 47.9 Å². The molecule has 94 valence electrons. The van der Waals surface area contributed by atoms with E-state index in [1.54, 1.807) is 19.2 Å². The molecule has 0 aliphatic heterocycles. The van der Waals surface area contributed by atoms with Gasteiger partial charge in [-0.05, 0) is 19.1 Å². The highest BCUT2D eigenvalue weighted by atomic mass is 16.4. The van der Waals surface area contributed by atoms with Crippen molar-refractivity contribution in [1.29, 1.82) is 0 Å². The smallest absolute Gasteiger partial charge is 0.339 e. The molecule has 3 heterocycles. The van der Waals surface area contributed by atoms with Gasteiger partial charge in [-0.3, -0.25) is 4.98 Å². The van der Waals surface area contributed by atoms with Crippen LogP contribution >= 0.6 is 0 Å². The van der Waals surface area contributed by atoms with Gasteiger partial charge >= 0.3 is 5.97 Å². The van der Waals surface area contributed by atoms with Gasteiger partial charge in [0.05, 0.1) is 17.0 Å². The van der Waals surface area contributed by atoms with E-state index in [0.29, 0.717) is 17.0 Å². The van der Waals surface area contributed by atoms with Gasteiger partial charge in [0, 0.05) is 18.5 Å². The maximum atomic E-state index is 11.0. The van der Waals surface area contributed by atoms with E-state index in [-0.39, 0.29) is 5.56 Å². The van der Waals surface area contributed by atoms with Gasteiger partial charge in [0.2, 0.25) is 0 Å². The summed E-state index contributed by atoms with van der Waals surface area (Å²) in [6, 6.07) is 7.32. The molecular weight excluding hydrogens is 244 g/mol. The molecule has 0 bridgehead atoms. The van der Waals surface area contributed by atoms with E-state index < -0.39 is 5.97 Å². The number of carboxylic acids is 1. The molecule has 0 aliphatic carbocycles. The Morgan fingerprint density at radius 3 is 2.79 bits per heavy atom. The molecule has 0 aliphatic rings. The summed E-state index contributed by atoms with van der Waals surface area (Å²) >= 11 is 0. The zero-order valence-corrected chi connectivity index (χ0v) is 10.1. The fraction of sp³-hybridized carbons (Fsp3) is 0.0769. The minimum Gasteiger partial charge on any atom is -0.478 e. The normalized spacial score (nSPS) is 10.8. The highest BCUT2D eigenvalue weighted by Gasteiger charge is 2.14. The van der Waals surface area contributed by atoms with Gasteiger partial charge < -0.3 is 5.11 Å². The maximum Gasteiger partial charge on any atom is 0.339 e. The maximum absolute atomic E-state index is 11.0. The van der Waals surface area contributed by atoms with Crippen LogP contribution in [0.1, 0.15) is 16.1 Å². The van der Waals surface area contributed by atoms with Crippen molar-refractivity contribution in [2.45, 2.75) is 6.92 Å². The summed E-state index contributed by atoms with van der Waals surface area (Å²) in [4.78, 5) is 19.4. The zero-order valence-electron chi connectivity index (χ0n) is 10.1. The van der Waals surface area contributed by atoms with E-state index in [1.807, 2.05) is 18.2 Å². The molecule has 0 atom stereocenters. The predicted molar refractivity (Wildman–Crippen MR) is 67.9 cm³/mol. The second kappa shape index (κ2) is 4.16. The fourth-order valence-corrected chi connectivity index (χ4v) is 1.90. The van der Waals surface area contributed by atoms with E-state index >= 15 is 0 Å². The van der Waals surface area contributed by atoms with Gasteiger partial charge in [0.15, 0.2) is 5.65 Å². The number of hydrogen-bond acceptors (Lipinski definition) is 4. The Labute approximate surface area is 108 Å². The van der Waals surface area contributed by atoms with Crippen molar-refractivity contribution in [1.82, 2.24) is 19.6 Å². The molecule has 0 unspecified atom stereocenters. The Morgan fingerprint density at radius 1 is 1.26 bits per heavy atom. The van der Waals surface area contributed by atoms with Crippen molar-refractivity contribution in [2.75, 3.05) is 0 Å². The lowest BCUT2D eigenvalue weighted by atomic mass is 10.2. The van der Waals surface area contributed by atoms with Crippen LogP contribution in [0, 0.1) is 6.92 Å². The summed E-state index contributed by atoms with van der Waals surface area (Å²) in [7, 11) is 0. The third-order valence-corrected chi connectivity index (χ3v) is 2.88. The van der Waals surface area contributed by atoms with Crippen molar-refractivity contribution < 1.29 is 9.90 Å². The average molecular weight is 254 g/mol. The Kier molecular flexibility index (Phi) is 2.49. The SMILES string of the molecule is Cc1c(C(=O)O)cnc2cc(-c3ccccn3)nn12. The summed E-state index contributed by atoms with van der Waals surface area (Å²) in [5.74, 6) is -1.01. The van der Waals surface area contributed by atoms with Crippen LogP contribution in [0.3, 0.4) is 0 Å². The molecule has 0 amide bonds. The van der Waals surface area contributed by atoms with Crippen molar-refractivity contribution in [3.8, 4) is 11.4 Å². The van der Waals surface area contributed by atoms with Gasteiger partial charge in [-0.25, -0.2) is 14.3 Å². The van der Waals surface area contributed by atoms with Gasteiger partial charge in [-0.15, -0.1) is 0 Å². The Hall–Kier alpha value is -2.76. The first-order valence-electron chi connectivity index (χ1n) is 5.67. The summed E-state index contributed by atoms with van der Waals surface area (Å²) in [6.45, 7) is 1.70. The van der Waals surface area contributed by atoms with E-state index in [0.717, 1.165) is 5.69 Å². The van der Waals surface area contributed by atoms with E-state index in [9.17, 15) is 4.79 Å². The molecule has 19 heavy (non-hydrogen) atoms. The summed E-state index contributed by atoms with van der Waals surface area (Å²) in [6.07, 6.45) is 3.03. The monoisotopic (exact) mass is 254 g/mol. The second-order valence-electron chi connectivity index (χ2n) is 4.08. The number of fused-ring (bicyclic) bond motifs is 1. The average Bonchev–Trinajstić information content (AvgIpc) is 2.85. The first-order chi connectivity index (χ1) is 9.16. The summed E-state index contributed by atoms with van der Waals surface area (Å²) < 4.78 is 1.52. The molecule has 0 saturated heterocycles. The highest BCUT2D eigenvalue weighted by Crippen LogP contribution is 2.18. The zero-order chi connectivity index (χ0) is 13.4. The van der Waals surface area contributed by atoms with Crippen LogP contribution in [0.2, 0.25) is 0 Å². The number of rotatable bonds is 2. The molecule has 3 rings (SSSR count). The lowest BCUT2D eigenvalue weighted by molar-refractivity contribution is 0.0695. The third-order valence-electron chi connectivity index (χ3n) is 2.88. The molecule has 0 aromatic carbocycles. The number of hydrogen-bond donors (Lipinski definition) is 1. The van der Waals surface area contributed by atoms with E-state index in [4.69, 9.17) is 5.11 Å². The number of aromatic nitrogens is 4. The van der Waals surface area contributed by atoms with Crippen molar-refractivity contribution >= 4 is 11.6 Å². The van der Waals surface area contributed by atoms with Gasteiger partial charge in [0.1, 0.15) is 5.69 Å². The molecule has 0 spiro atoms. The third kappa shape index (κ3) is 1.83. The number of aromatic carboxylic acids is 1. The Morgan fingerprint density at radius 2 is 2.11 bits per heavy atom. The molecule has 0 fully saturated rings. The minimum absolute atomic E-state index is 0.142. The van der Waals surface area contributed by atoms with E-state index in [2.05, 4.69) is 15.1 Å². The Bertz CT molecular complexity index is 765. The summed E-state index contributed by atoms with van der Waals surface area (Å²) in [5, 5.41) is 13.4. The minimum atomic E-state index is -1.01.